The Kier molecular flexibility index (Phi) is 4.60. The molecule has 4 rings (SSSR count). The summed E-state index contributed by atoms with van der Waals surface area (Å²) >= 11 is 0. The van der Waals surface area contributed by atoms with Gasteiger partial charge in [-0.15, -0.1) is 0 Å². The van der Waals surface area contributed by atoms with E-state index in [2.05, 4.69) is 20.9 Å². The molecule has 6 heteroatoms. The predicted molar refractivity (Wildman–Crippen MR) is 104 cm³/mol. The van der Waals surface area contributed by atoms with E-state index >= 15 is 0 Å². The van der Waals surface area contributed by atoms with E-state index in [1.807, 2.05) is 26.0 Å². The van der Waals surface area contributed by atoms with Crippen LogP contribution >= 0.6 is 0 Å². The number of hydrogen-bond donors (Lipinski definition) is 1. The van der Waals surface area contributed by atoms with Gasteiger partial charge in [0.15, 0.2) is 0 Å². The molecule has 0 aliphatic heterocycles. The number of amides is 1. The highest BCUT2D eigenvalue weighted by Gasteiger charge is 2.30. The van der Waals surface area contributed by atoms with Gasteiger partial charge in [-0.2, -0.15) is 9.65 Å². The van der Waals surface area contributed by atoms with E-state index in [4.69, 9.17) is 0 Å². The Morgan fingerprint density at radius 1 is 1.36 bits per heavy atom. The fourth-order valence-electron chi connectivity index (χ4n) is 3.91. The topological polar surface area (TPSA) is 70.7 Å². The molecule has 1 aliphatic rings. The normalized spacial score (nSPS) is 15.6. The molecule has 0 radical (unpaired) electrons. The number of nitrogens with one attached hydrogen (secondary N) is 1. The van der Waals surface area contributed by atoms with Crippen LogP contribution in [0.4, 0.5) is 4.39 Å². The zero-order valence-corrected chi connectivity index (χ0v) is 15.9. The van der Waals surface area contributed by atoms with Crippen LogP contribution in [-0.4, -0.2) is 21.5 Å². The summed E-state index contributed by atoms with van der Waals surface area (Å²) in [6.07, 6.45) is 1.43. The molecule has 0 spiro atoms. The number of nitriles is 1. The largest absolute Gasteiger partial charge is 0.352 e. The van der Waals surface area contributed by atoms with Gasteiger partial charge in [0.2, 0.25) is 11.9 Å². The van der Waals surface area contributed by atoms with Crippen LogP contribution in [0.3, 0.4) is 0 Å². The zero-order chi connectivity index (χ0) is 19.8. The molecule has 142 valence electrons. The van der Waals surface area contributed by atoms with Crippen LogP contribution in [0, 0.1) is 23.2 Å². The van der Waals surface area contributed by atoms with Crippen molar-refractivity contribution in [2.24, 2.45) is 5.92 Å². The molecule has 1 aromatic carbocycles. The van der Waals surface area contributed by atoms with E-state index in [1.165, 1.54) is 6.07 Å². The van der Waals surface area contributed by atoms with Gasteiger partial charge in [-0.3, -0.25) is 4.79 Å². The van der Waals surface area contributed by atoms with Gasteiger partial charge >= 0.3 is 0 Å². The van der Waals surface area contributed by atoms with Crippen molar-refractivity contribution in [1.82, 2.24) is 14.9 Å². The fourth-order valence-corrected chi connectivity index (χ4v) is 3.91. The van der Waals surface area contributed by atoms with E-state index < -0.39 is 5.95 Å². The molecule has 0 saturated carbocycles. The molecule has 1 aliphatic carbocycles. The number of carbonyl (C=O) groups excluding carboxylic acids is 1. The SMILES string of the molecule is CC(C)C(=O)NC1Cc2c(n(Cc3cccc(F)n3)c3ccc(C#N)cc23)C1. The summed E-state index contributed by atoms with van der Waals surface area (Å²) < 4.78 is 15.7. The maximum atomic E-state index is 13.6. The fraction of sp³-hybridized carbons (Fsp3) is 0.318. The van der Waals surface area contributed by atoms with E-state index in [1.54, 1.807) is 18.2 Å². The van der Waals surface area contributed by atoms with Gasteiger partial charge in [-0.25, -0.2) is 4.98 Å². The van der Waals surface area contributed by atoms with Crippen molar-refractivity contribution in [3.05, 3.63) is 64.9 Å². The van der Waals surface area contributed by atoms with Gasteiger partial charge in [0.05, 0.1) is 23.9 Å². The molecule has 0 bridgehead atoms. The van der Waals surface area contributed by atoms with E-state index in [0.29, 0.717) is 24.2 Å². The first-order chi connectivity index (χ1) is 13.5. The molecule has 28 heavy (non-hydrogen) atoms. The Bertz CT molecular complexity index is 1110. The van der Waals surface area contributed by atoms with Crippen molar-refractivity contribution in [2.75, 3.05) is 0 Å². The van der Waals surface area contributed by atoms with Crippen molar-refractivity contribution in [1.29, 1.82) is 5.26 Å². The first-order valence-electron chi connectivity index (χ1n) is 9.42. The summed E-state index contributed by atoms with van der Waals surface area (Å²) in [5.41, 5.74) is 4.51. The van der Waals surface area contributed by atoms with E-state index in [9.17, 15) is 14.4 Å². The van der Waals surface area contributed by atoms with E-state index in [-0.39, 0.29) is 17.9 Å². The lowest BCUT2D eigenvalue weighted by molar-refractivity contribution is -0.124. The van der Waals surface area contributed by atoms with Crippen molar-refractivity contribution in [3.63, 3.8) is 0 Å². The molecule has 2 heterocycles. The molecule has 1 N–H and O–H groups in total. The monoisotopic (exact) mass is 376 g/mol. The third kappa shape index (κ3) is 3.24. The second kappa shape index (κ2) is 7.08. The number of hydrogen-bond acceptors (Lipinski definition) is 3. The highest BCUT2D eigenvalue weighted by atomic mass is 19.1. The van der Waals surface area contributed by atoms with Gasteiger partial charge in [0.25, 0.3) is 0 Å². The van der Waals surface area contributed by atoms with Crippen LogP contribution in [0.15, 0.2) is 36.4 Å². The molecular formula is C22H21FN4O. The Morgan fingerprint density at radius 2 is 2.18 bits per heavy atom. The lowest BCUT2D eigenvalue weighted by Crippen LogP contribution is -2.38. The minimum atomic E-state index is -0.501. The number of aromatic nitrogens is 2. The Hall–Kier alpha value is -3.20. The number of nitrogens with zero attached hydrogens (tertiary/aromatic N) is 3. The summed E-state index contributed by atoms with van der Waals surface area (Å²) in [6, 6.07) is 12.6. The second-order valence-electron chi connectivity index (χ2n) is 7.58. The molecule has 2 aromatic heterocycles. The zero-order valence-electron chi connectivity index (χ0n) is 15.9. The first-order valence-corrected chi connectivity index (χ1v) is 9.42. The Labute approximate surface area is 162 Å². The molecule has 1 unspecified atom stereocenters. The lowest BCUT2D eigenvalue weighted by Gasteiger charge is -2.16. The Balaban J connectivity index is 1.76. The van der Waals surface area contributed by atoms with Gasteiger partial charge in [0.1, 0.15) is 0 Å². The number of fused-ring (bicyclic) bond motifs is 3. The number of rotatable bonds is 4. The van der Waals surface area contributed by atoms with Crippen molar-refractivity contribution >= 4 is 16.8 Å². The average molecular weight is 376 g/mol. The number of halogens is 1. The molecule has 5 nitrogen and oxygen atoms in total. The third-order valence-electron chi connectivity index (χ3n) is 5.27. The van der Waals surface area contributed by atoms with E-state index in [0.717, 1.165) is 28.6 Å². The molecule has 1 amide bonds. The smallest absolute Gasteiger partial charge is 0.222 e. The second-order valence-corrected chi connectivity index (χ2v) is 7.58. The van der Waals surface area contributed by atoms with Crippen molar-refractivity contribution in [2.45, 2.75) is 39.3 Å². The maximum Gasteiger partial charge on any atom is 0.222 e. The summed E-state index contributed by atoms with van der Waals surface area (Å²) in [7, 11) is 0. The summed E-state index contributed by atoms with van der Waals surface area (Å²) in [5, 5.41) is 13.4. The number of benzene rings is 1. The van der Waals surface area contributed by atoms with Crippen LogP contribution in [0.2, 0.25) is 0 Å². The van der Waals surface area contributed by atoms with Gasteiger partial charge in [0, 0.05) is 35.0 Å². The highest BCUT2D eigenvalue weighted by molar-refractivity contribution is 5.88. The molecule has 0 saturated heterocycles. The predicted octanol–water partition coefficient (Wildman–Crippen LogP) is 3.33. The molecule has 0 fully saturated rings. The quantitative estimate of drug-likeness (QED) is 0.710. The van der Waals surface area contributed by atoms with Gasteiger partial charge in [-0.1, -0.05) is 19.9 Å². The maximum absolute atomic E-state index is 13.6. The number of carbonyl (C=O) groups is 1. The lowest BCUT2D eigenvalue weighted by atomic mass is 10.1. The Morgan fingerprint density at radius 3 is 2.89 bits per heavy atom. The highest BCUT2D eigenvalue weighted by Crippen LogP contribution is 2.34. The van der Waals surface area contributed by atoms with Gasteiger partial charge in [-0.05, 0) is 42.3 Å². The third-order valence-corrected chi connectivity index (χ3v) is 5.27. The molecule has 3 aromatic rings. The summed E-state index contributed by atoms with van der Waals surface area (Å²) in [5.74, 6) is -0.532. The standard InChI is InChI=1S/C22H21FN4O/c1-13(2)22(28)26-16-9-18-17-8-14(11-24)6-7-19(17)27(20(18)10-16)12-15-4-3-5-21(23)25-15/h3-8,13,16H,9-10,12H2,1-2H3,(H,26,28). The molecular weight excluding hydrogens is 355 g/mol. The first kappa shape index (κ1) is 18.2. The van der Waals surface area contributed by atoms with Crippen LogP contribution < -0.4 is 5.32 Å². The minimum absolute atomic E-state index is 0.0294. The van der Waals surface area contributed by atoms with Crippen molar-refractivity contribution in [3.8, 4) is 6.07 Å². The average Bonchev–Trinajstić information content (AvgIpc) is 3.19. The van der Waals surface area contributed by atoms with Gasteiger partial charge < -0.3 is 9.88 Å². The molecule has 1 atom stereocenters. The van der Waals surface area contributed by atoms with Crippen molar-refractivity contribution < 1.29 is 9.18 Å². The van der Waals surface area contributed by atoms with Crippen LogP contribution in [-0.2, 0) is 24.2 Å². The minimum Gasteiger partial charge on any atom is -0.352 e. The summed E-state index contributed by atoms with van der Waals surface area (Å²) in [6.45, 7) is 4.20. The van der Waals surface area contributed by atoms with Crippen LogP contribution in [0.1, 0.15) is 36.4 Å². The van der Waals surface area contributed by atoms with Crippen LogP contribution in [0.5, 0.6) is 0 Å². The summed E-state index contributed by atoms with van der Waals surface area (Å²) in [4.78, 5) is 16.1. The number of pyridine rings is 1. The van der Waals surface area contributed by atoms with Crippen LogP contribution in [0.25, 0.3) is 10.9 Å².